The minimum absolute atomic E-state index is 0.0463. The molecule has 12 heteroatoms. The van der Waals surface area contributed by atoms with Crippen LogP contribution in [0.2, 0.25) is 5.02 Å². The van der Waals surface area contributed by atoms with Crippen molar-refractivity contribution < 1.29 is 27.6 Å². The number of imide groups is 1. The molecule has 0 aliphatic carbocycles. The molecule has 1 aliphatic heterocycles. The van der Waals surface area contributed by atoms with Crippen LogP contribution in [0, 0.1) is 0 Å². The highest BCUT2D eigenvalue weighted by Gasteiger charge is 2.37. The Morgan fingerprint density at radius 2 is 1.42 bits per heavy atom. The van der Waals surface area contributed by atoms with Gasteiger partial charge in [0.1, 0.15) is 12.6 Å². The van der Waals surface area contributed by atoms with E-state index in [1.54, 1.807) is 36.4 Å². The molecule has 1 fully saturated rings. The van der Waals surface area contributed by atoms with Crippen LogP contribution in [0.4, 0.5) is 4.79 Å². The predicted octanol–water partition coefficient (Wildman–Crippen LogP) is 5.28. The maximum absolute atomic E-state index is 13.2. The number of hydrogen-bond donors (Lipinski definition) is 2. The predicted molar refractivity (Wildman–Crippen MR) is 173 cm³/mol. The molecule has 2 N–H and O–H groups in total. The SMILES string of the molecule is O=C(CN1C(=O)SC(=Cc2ccc(-c3ccccc3)cc2)C1=O)N[C@@H](Cc1ccccc1)C(=O)NS(=O)(=O)c1ccc(Cl)cc1. The van der Waals surface area contributed by atoms with E-state index in [1.807, 2.05) is 59.3 Å². The first kappa shape index (κ1) is 31.7. The lowest BCUT2D eigenvalue weighted by Gasteiger charge is -2.20. The molecule has 1 atom stereocenters. The van der Waals surface area contributed by atoms with Crippen LogP contribution >= 0.6 is 23.4 Å². The summed E-state index contributed by atoms with van der Waals surface area (Å²) in [6, 6.07) is 29.8. The van der Waals surface area contributed by atoms with Gasteiger partial charge in [-0.2, -0.15) is 0 Å². The molecule has 228 valence electrons. The fourth-order valence-corrected chi connectivity index (χ4v) is 6.49. The average Bonchev–Trinajstić information content (AvgIpc) is 3.29. The van der Waals surface area contributed by atoms with Gasteiger partial charge in [0, 0.05) is 11.4 Å². The number of carbonyl (C=O) groups excluding carboxylic acids is 4. The van der Waals surface area contributed by atoms with Crippen molar-refractivity contribution in [2.24, 2.45) is 0 Å². The van der Waals surface area contributed by atoms with Crippen molar-refractivity contribution in [1.29, 1.82) is 0 Å². The van der Waals surface area contributed by atoms with Gasteiger partial charge in [0.05, 0.1) is 9.80 Å². The first-order valence-electron chi connectivity index (χ1n) is 13.7. The summed E-state index contributed by atoms with van der Waals surface area (Å²) in [5.41, 5.74) is 3.38. The Kier molecular flexibility index (Phi) is 9.82. The molecule has 1 saturated heterocycles. The number of halogens is 1. The maximum atomic E-state index is 13.2. The largest absolute Gasteiger partial charge is 0.342 e. The van der Waals surface area contributed by atoms with Gasteiger partial charge in [-0.1, -0.05) is 96.5 Å². The Bertz CT molecular complexity index is 1870. The molecule has 0 saturated carbocycles. The van der Waals surface area contributed by atoms with E-state index in [0.29, 0.717) is 27.9 Å². The topological polar surface area (TPSA) is 130 Å². The van der Waals surface area contributed by atoms with Gasteiger partial charge in [0.2, 0.25) is 5.91 Å². The number of thioether (sulfide) groups is 1. The van der Waals surface area contributed by atoms with Gasteiger partial charge < -0.3 is 5.32 Å². The van der Waals surface area contributed by atoms with Crippen LogP contribution in [0.3, 0.4) is 0 Å². The van der Waals surface area contributed by atoms with Crippen molar-refractivity contribution in [2.45, 2.75) is 17.4 Å². The molecule has 45 heavy (non-hydrogen) atoms. The van der Waals surface area contributed by atoms with Gasteiger partial charge in [0.15, 0.2) is 0 Å². The molecule has 4 aromatic rings. The van der Waals surface area contributed by atoms with Crippen molar-refractivity contribution in [1.82, 2.24) is 14.9 Å². The van der Waals surface area contributed by atoms with Crippen LogP contribution < -0.4 is 10.0 Å². The Balaban J connectivity index is 1.27. The molecule has 0 bridgehead atoms. The smallest absolute Gasteiger partial charge is 0.294 e. The Hall–Kier alpha value is -4.71. The molecule has 0 unspecified atom stereocenters. The fourth-order valence-electron chi connectivity index (χ4n) is 4.51. The van der Waals surface area contributed by atoms with Crippen LogP contribution in [0.5, 0.6) is 0 Å². The number of rotatable bonds is 10. The number of hydrogen-bond acceptors (Lipinski definition) is 7. The third kappa shape index (κ3) is 8.07. The molecule has 4 amide bonds. The molecule has 1 heterocycles. The summed E-state index contributed by atoms with van der Waals surface area (Å²) in [6.07, 6.45) is 1.53. The quantitative estimate of drug-likeness (QED) is 0.222. The van der Waals surface area contributed by atoms with Gasteiger partial charge in [-0.15, -0.1) is 0 Å². The minimum Gasteiger partial charge on any atom is -0.342 e. The summed E-state index contributed by atoms with van der Waals surface area (Å²) in [5, 5.41) is 2.17. The Morgan fingerprint density at radius 3 is 2.07 bits per heavy atom. The van der Waals surface area contributed by atoms with Gasteiger partial charge in [-0.25, -0.2) is 13.1 Å². The number of carbonyl (C=O) groups is 4. The van der Waals surface area contributed by atoms with E-state index >= 15 is 0 Å². The molecule has 0 spiro atoms. The zero-order chi connectivity index (χ0) is 32.0. The first-order valence-corrected chi connectivity index (χ1v) is 16.3. The van der Waals surface area contributed by atoms with Crippen LogP contribution in [-0.2, 0) is 30.8 Å². The lowest BCUT2D eigenvalue weighted by atomic mass is 10.0. The third-order valence-corrected chi connectivity index (χ3v) is 9.31. The van der Waals surface area contributed by atoms with Crippen LogP contribution in [-0.4, -0.2) is 48.9 Å². The minimum atomic E-state index is -4.28. The summed E-state index contributed by atoms with van der Waals surface area (Å²) in [7, 11) is -4.28. The van der Waals surface area contributed by atoms with E-state index in [0.717, 1.165) is 16.0 Å². The van der Waals surface area contributed by atoms with E-state index in [-0.39, 0.29) is 16.2 Å². The van der Waals surface area contributed by atoms with Crippen molar-refractivity contribution in [3.05, 3.63) is 130 Å². The second kappa shape index (κ2) is 13.9. The molecule has 1 aliphatic rings. The van der Waals surface area contributed by atoms with Gasteiger partial charge in [-0.05, 0) is 64.4 Å². The first-order chi connectivity index (χ1) is 21.6. The highest BCUT2D eigenvalue weighted by atomic mass is 35.5. The van der Waals surface area contributed by atoms with E-state index < -0.39 is 45.6 Å². The average molecular weight is 660 g/mol. The van der Waals surface area contributed by atoms with Crippen molar-refractivity contribution in [3.8, 4) is 11.1 Å². The van der Waals surface area contributed by atoms with Crippen LogP contribution in [0.1, 0.15) is 11.1 Å². The van der Waals surface area contributed by atoms with E-state index in [1.165, 1.54) is 24.3 Å². The highest BCUT2D eigenvalue weighted by Crippen LogP contribution is 2.32. The Morgan fingerprint density at radius 1 is 0.822 bits per heavy atom. The number of nitrogens with zero attached hydrogens (tertiary/aromatic N) is 1. The number of benzene rings is 4. The molecule has 5 rings (SSSR count). The zero-order valence-electron chi connectivity index (χ0n) is 23.6. The standard InChI is InChI=1S/C33H26ClN3O6S2/c34-26-15-17-27(18-16-26)45(42,43)36-31(39)28(19-22-7-3-1-4-8-22)35-30(38)21-37-32(40)29(44-33(37)41)20-23-11-13-25(14-12-23)24-9-5-2-6-10-24/h1-18,20,28H,19,21H2,(H,35,38)(H,36,39)/t28-/m0/s1. The van der Waals surface area contributed by atoms with E-state index in [4.69, 9.17) is 11.6 Å². The summed E-state index contributed by atoms with van der Waals surface area (Å²) < 4.78 is 27.7. The monoisotopic (exact) mass is 659 g/mol. The summed E-state index contributed by atoms with van der Waals surface area (Å²) in [5.74, 6) is -2.46. The lowest BCUT2D eigenvalue weighted by Crippen LogP contribution is -2.52. The van der Waals surface area contributed by atoms with E-state index in [2.05, 4.69) is 5.32 Å². The maximum Gasteiger partial charge on any atom is 0.294 e. The van der Waals surface area contributed by atoms with Crippen molar-refractivity contribution in [2.75, 3.05) is 6.54 Å². The van der Waals surface area contributed by atoms with Crippen LogP contribution in [0.15, 0.2) is 119 Å². The fraction of sp³-hybridized carbons (Fsp3) is 0.0909. The highest BCUT2D eigenvalue weighted by molar-refractivity contribution is 8.18. The van der Waals surface area contributed by atoms with Crippen LogP contribution in [0.25, 0.3) is 17.2 Å². The van der Waals surface area contributed by atoms with Gasteiger partial charge in [-0.3, -0.25) is 24.1 Å². The Labute approximate surface area is 269 Å². The molecule has 0 radical (unpaired) electrons. The normalized spacial score (nSPS) is 14.8. The van der Waals surface area contributed by atoms with Crippen molar-refractivity contribution in [3.63, 3.8) is 0 Å². The third-order valence-electron chi connectivity index (χ3n) is 6.78. The second-order valence-corrected chi connectivity index (χ2v) is 13.1. The number of amides is 4. The molecular formula is C33H26ClN3O6S2. The lowest BCUT2D eigenvalue weighted by molar-refractivity contribution is -0.131. The molecule has 4 aromatic carbocycles. The summed E-state index contributed by atoms with van der Waals surface area (Å²) in [6.45, 7) is -0.655. The number of sulfonamides is 1. The number of nitrogens with one attached hydrogen (secondary N) is 2. The molecule has 0 aromatic heterocycles. The van der Waals surface area contributed by atoms with Gasteiger partial charge >= 0.3 is 0 Å². The molecule has 9 nitrogen and oxygen atoms in total. The van der Waals surface area contributed by atoms with Crippen molar-refractivity contribution >= 4 is 62.4 Å². The molecular weight excluding hydrogens is 634 g/mol. The second-order valence-electron chi connectivity index (χ2n) is 9.99. The summed E-state index contributed by atoms with van der Waals surface area (Å²) >= 11 is 6.55. The zero-order valence-corrected chi connectivity index (χ0v) is 25.9. The van der Waals surface area contributed by atoms with Gasteiger partial charge in [0.25, 0.3) is 27.1 Å². The van der Waals surface area contributed by atoms with E-state index in [9.17, 15) is 27.6 Å². The summed E-state index contributed by atoms with van der Waals surface area (Å²) in [4.78, 5) is 52.8.